The Morgan fingerprint density at radius 1 is 1.20 bits per heavy atom. The largest absolute Gasteiger partial charge is 0.350 e. The monoisotopic (exact) mass is 369 g/mol. The minimum atomic E-state index is -0.0575. The van der Waals surface area contributed by atoms with E-state index in [2.05, 4.69) is 31.9 Å². The molecule has 4 rings (SSSR count). The number of fused-ring (bicyclic) bond motifs is 1. The lowest BCUT2D eigenvalue weighted by Crippen LogP contribution is -2.23. The van der Waals surface area contributed by atoms with Crippen LogP contribution in [0.15, 0.2) is 40.4 Å². The fourth-order valence-electron chi connectivity index (χ4n) is 2.69. The summed E-state index contributed by atoms with van der Waals surface area (Å²) < 4.78 is 2.06. The fraction of sp³-hybridized carbons (Fsp3) is 0.176. The van der Waals surface area contributed by atoms with Gasteiger partial charge >= 0.3 is 0 Å². The first-order valence-electron chi connectivity index (χ1n) is 7.63. The molecule has 1 aromatic carbocycles. The van der Waals surface area contributed by atoms with Crippen molar-refractivity contribution in [1.29, 1.82) is 0 Å². The third kappa shape index (κ3) is 2.87. The molecule has 2 aromatic heterocycles. The second kappa shape index (κ2) is 6.12. The van der Waals surface area contributed by atoms with Gasteiger partial charge in [0.2, 0.25) is 5.13 Å². The normalized spacial score (nSPS) is 18.2. The van der Waals surface area contributed by atoms with Crippen molar-refractivity contribution in [3.05, 3.63) is 45.9 Å². The summed E-state index contributed by atoms with van der Waals surface area (Å²) in [5.41, 5.74) is 2.16. The highest BCUT2D eigenvalue weighted by atomic mass is 32.2. The molecular formula is C17H15N5OS2. The van der Waals surface area contributed by atoms with Gasteiger partial charge in [0.1, 0.15) is 5.01 Å². The molecule has 1 aliphatic rings. The number of hydrogen-bond acceptors (Lipinski definition) is 6. The van der Waals surface area contributed by atoms with Gasteiger partial charge in [-0.05, 0) is 30.8 Å². The lowest BCUT2D eigenvalue weighted by atomic mass is 10.1. The smallest absolute Gasteiger partial charge is 0.266 e. The number of hydrogen-bond donors (Lipinski definition) is 0. The third-order valence-corrected chi connectivity index (χ3v) is 5.72. The second-order valence-corrected chi connectivity index (χ2v) is 7.85. The van der Waals surface area contributed by atoms with Crippen molar-refractivity contribution >= 4 is 56.3 Å². The van der Waals surface area contributed by atoms with Crippen LogP contribution >= 0.6 is 23.1 Å². The van der Waals surface area contributed by atoms with E-state index in [1.165, 1.54) is 23.1 Å². The van der Waals surface area contributed by atoms with Crippen LogP contribution in [0.2, 0.25) is 0 Å². The van der Waals surface area contributed by atoms with Crippen molar-refractivity contribution in [2.24, 2.45) is 12.0 Å². The van der Waals surface area contributed by atoms with E-state index >= 15 is 0 Å². The summed E-state index contributed by atoms with van der Waals surface area (Å²) in [7, 11) is 3.73. The standard InChI is InChI=1S/C17H15N5OS2/c1-10-19-20-16(24-10)18-17-22(3)15(23)14(25-17)8-11-9-21(2)13-7-5-4-6-12(11)13/h4-9H,1-3H3/b14-8-,18-17+. The summed E-state index contributed by atoms with van der Waals surface area (Å²) in [5, 5.41) is 11.1. The van der Waals surface area contributed by atoms with E-state index in [0.29, 0.717) is 15.2 Å². The maximum absolute atomic E-state index is 12.6. The number of aryl methyl sites for hydroxylation is 2. The first-order valence-corrected chi connectivity index (χ1v) is 9.26. The van der Waals surface area contributed by atoms with E-state index in [1.807, 2.05) is 38.4 Å². The summed E-state index contributed by atoms with van der Waals surface area (Å²) in [6, 6.07) is 8.15. The van der Waals surface area contributed by atoms with E-state index < -0.39 is 0 Å². The third-order valence-electron chi connectivity index (χ3n) is 3.92. The van der Waals surface area contributed by atoms with Crippen LogP contribution < -0.4 is 0 Å². The first-order chi connectivity index (χ1) is 12.0. The van der Waals surface area contributed by atoms with E-state index in [-0.39, 0.29) is 5.91 Å². The quantitative estimate of drug-likeness (QED) is 0.648. The molecule has 0 N–H and O–H groups in total. The maximum Gasteiger partial charge on any atom is 0.266 e. The van der Waals surface area contributed by atoms with Gasteiger partial charge in [0.15, 0.2) is 5.17 Å². The van der Waals surface area contributed by atoms with Gasteiger partial charge in [-0.25, -0.2) is 0 Å². The number of para-hydroxylation sites is 1. The number of rotatable bonds is 2. The molecule has 0 atom stereocenters. The number of thioether (sulfide) groups is 1. The molecule has 1 amide bonds. The molecule has 1 saturated heterocycles. The number of nitrogens with zero attached hydrogens (tertiary/aromatic N) is 5. The molecule has 25 heavy (non-hydrogen) atoms. The van der Waals surface area contributed by atoms with Crippen LogP contribution in [-0.2, 0) is 11.8 Å². The molecule has 126 valence electrons. The number of aromatic nitrogens is 3. The van der Waals surface area contributed by atoms with E-state index in [4.69, 9.17) is 0 Å². The maximum atomic E-state index is 12.6. The molecule has 0 aliphatic carbocycles. The lowest BCUT2D eigenvalue weighted by molar-refractivity contribution is -0.121. The van der Waals surface area contributed by atoms with Gasteiger partial charge in [0.05, 0.1) is 4.91 Å². The van der Waals surface area contributed by atoms with Gasteiger partial charge < -0.3 is 4.57 Å². The molecule has 0 bridgehead atoms. The number of amides is 1. The van der Waals surface area contributed by atoms with E-state index in [1.54, 1.807) is 11.9 Å². The average molecular weight is 369 g/mol. The highest BCUT2D eigenvalue weighted by Crippen LogP contribution is 2.35. The van der Waals surface area contributed by atoms with Crippen LogP contribution in [-0.4, -0.2) is 37.8 Å². The predicted octanol–water partition coefficient (Wildman–Crippen LogP) is 3.57. The minimum absolute atomic E-state index is 0.0575. The predicted molar refractivity (Wildman–Crippen MR) is 103 cm³/mol. The fourth-order valence-corrected chi connectivity index (χ4v) is 4.27. The number of benzene rings is 1. The Labute approximate surface area is 152 Å². The van der Waals surface area contributed by atoms with Gasteiger partial charge in [-0.1, -0.05) is 29.5 Å². The summed E-state index contributed by atoms with van der Waals surface area (Å²) in [6.07, 6.45) is 3.97. The second-order valence-electron chi connectivity index (χ2n) is 5.69. The van der Waals surface area contributed by atoms with Crippen LogP contribution in [0.5, 0.6) is 0 Å². The number of aliphatic imine (C=N–C) groups is 1. The Morgan fingerprint density at radius 3 is 2.76 bits per heavy atom. The topological polar surface area (TPSA) is 63.4 Å². The molecule has 0 spiro atoms. The SMILES string of the molecule is Cc1nnc(/N=C2/S/C(=C\c3cn(C)c4ccccc34)C(=O)N2C)s1. The van der Waals surface area contributed by atoms with Crippen LogP contribution in [0, 0.1) is 6.92 Å². The first kappa shape index (κ1) is 16.0. The van der Waals surface area contributed by atoms with Crippen LogP contribution in [0.25, 0.3) is 17.0 Å². The Hall–Kier alpha value is -2.45. The molecule has 0 unspecified atom stereocenters. The van der Waals surface area contributed by atoms with Crippen molar-refractivity contribution in [2.45, 2.75) is 6.92 Å². The number of likely N-dealkylation sites (N-methyl/N-ethyl adjacent to an activating group) is 1. The summed E-state index contributed by atoms with van der Waals surface area (Å²) in [5.74, 6) is -0.0575. The highest BCUT2D eigenvalue weighted by Gasteiger charge is 2.31. The van der Waals surface area contributed by atoms with Crippen LogP contribution in [0.3, 0.4) is 0 Å². The zero-order valence-electron chi connectivity index (χ0n) is 13.9. The lowest BCUT2D eigenvalue weighted by Gasteiger charge is -2.05. The van der Waals surface area contributed by atoms with Crippen molar-refractivity contribution in [2.75, 3.05) is 7.05 Å². The molecule has 0 saturated carbocycles. The van der Waals surface area contributed by atoms with Gasteiger partial charge in [0.25, 0.3) is 5.91 Å². The summed E-state index contributed by atoms with van der Waals surface area (Å²) in [6.45, 7) is 1.88. The Balaban J connectivity index is 1.72. The van der Waals surface area contributed by atoms with Gasteiger partial charge in [0, 0.05) is 36.8 Å². The number of carbonyl (C=O) groups excluding carboxylic acids is 1. The van der Waals surface area contributed by atoms with E-state index in [0.717, 1.165) is 21.5 Å². The number of amidine groups is 1. The molecule has 1 fully saturated rings. The van der Waals surface area contributed by atoms with Crippen LogP contribution in [0.1, 0.15) is 10.6 Å². The van der Waals surface area contributed by atoms with Gasteiger partial charge in [-0.3, -0.25) is 9.69 Å². The van der Waals surface area contributed by atoms with Crippen molar-refractivity contribution < 1.29 is 4.79 Å². The molecule has 6 nitrogen and oxygen atoms in total. The average Bonchev–Trinajstić information content (AvgIpc) is 3.23. The molecule has 1 aliphatic heterocycles. The molecule has 3 heterocycles. The molecule has 3 aromatic rings. The van der Waals surface area contributed by atoms with Gasteiger partial charge in [-0.2, -0.15) is 4.99 Å². The zero-order chi connectivity index (χ0) is 17.6. The minimum Gasteiger partial charge on any atom is -0.350 e. The molecular weight excluding hydrogens is 354 g/mol. The molecule has 0 radical (unpaired) electrons. The van der Waals surface area contributed by atoms with Crippen molar-refractivity contribution in [3.8, 4) is 0 Å². The van der Waals surface area contributed by atoms with Crippen molar-refractivity contribution in [1.82, 2.24) is 19.7 Å². The molecule has 8 heteroatoms. The number of carbonyl (C=O) groups is 1. The summed E-state index contributed by atoms with van der Waals surface area (Å²) >= 11 is 2.77. The van der Waals surface area contributed by atoms with Crippen molar-refractivity contribution in [3.63, 3.8) is 0 Å². The van der Waals surface area contributed by atoms with E-state index in [9.17, 15) is 4.79 Å². The van der Waals surface area contributed by atoms with Gasteiger partial charge in [-0.15, -0.1) is 10.2 Å². The summed E-state index contributed by atoms with van der Waals surface area (Å²) in [4.78, 5) is 19.2. The highest BCUT2D eigenvalue weighted by molar-refractivity contribution is 8.18. The Morgan fingerprint density at radius 2 is 2.00 bits per heavy atom. The zero-order valence-corrected chi connectivity index (χ0v) is 15.6. The Kier molecular flexibility index (Phi) is 3.93. The Bertz CT molecular complexity index is 1050. The van der Waals surface area contributed by atoms with Crippen LogP contribution in [0.4, 0.5) is 5.13 Å².